The van der Waals surface area contributed by atoms with Gasteiger partial charge in [-0.05, 0) is 32.0 Å². The first-order valence-electron chi connectivity index (χ1n) is 5.71. The fourth-order valence-corrected chi connectivity index (χ4v) is 2.43. The van der Waals surface area contributed by atoms with E-state index in [0.717, 1.165) is 6.07 Å². The first kappa shape index (κ1) is 17.7. The molecule has 0 aliphatic carbocycles. The molecule has 1 aromatic rings. The second-order valence-corrected chi connectivity index (χ2v) is 6.76. The first-order chi connectivity index (χ1) is 9.63. The lowest BCUT2D eigenvalue weighted by Gasteiger charge is -2.10. The van der Waals surface area contributed by atoms with E-state index in [0.29, 0.717) is 0 Å². The maximum atomic E-state index is 11.9. The van der Waals surface area contributed by atoms with Crippen LogP contribution in [0.1, 0.15) is 13.8 Å². The van der Waals surface area contributed by atoms with Gasteiger partial charge in [0.05, 0.1) is 14.9 Å². The van der Waals surface area contributed by atoms with Crippen molar-refractivity contribution in [3.63, 3.8) is 0 Å². The molecule has 7 nitrogen and oxygen atoms in total. The molecule has 1 rings (SSSR count). The Labute approximate surface area is 132 Å². The molecule has 1 aromatic carbocycles. The number of halogens is 2. The molecule has 0 aromatic heterocycles. The number of hydrazine groups is 1. The minimum Gasteiger partial charge on any atom is -0.346 e. The molecule has 0 aliphatic heterocycles. The highest BCUT2D eigenvalue weighted by Crippen LogP contribution is 2.24. The number of rotatable bonds is 4. The van der Waals surface area contributed by atoms with Crippen LogP contribution < -0.4 is 15.6 Å². The number of carbonyl (C=O) groups is 2. The molecule has 0 radical (unpaired) electrons. The van der Waals surface area contributed by atoms with Gasteiger partial charge in [0.15, 0.2) is 0 Å². The molecule has 0 bridgehead atoms. The Balaban J connectivity index is 2.75. The van der Waals surface area contributed by atoms with Crippen molar-refractivity contribution in [2.45, 2.75) is 24.8 Å². The van der Waals surface area contributed by atoms with E-state index in [9.17, 15) is 18.0 Å². The fourth-order valence-electron chi connectivity index (χ4n) is 1.20. The molecule has 3 N–H and O–H groups in total. The molecular weight excluding hydrogens is 341 g/mol. The van der Waals surface area contributed by atoms with Gasteiger partial charge >= 0.3 is 11.8 Å². The minimum atomic E-state index is -4.06. The average Bonchev–Trinajstić information content (AvgIpc) is 2.38. The molecule has 21 heavy (non-hydrogen) atoms. The highest BCUT2D eigenvalue weighted by Gasteiger charge is 2.19. The standard InChI is InChI=1S/C11H13Cl2N3O4S/c1-6(2)14-10(17)11(18)15-16-21(19,20)7-3-4-8(12)9(13)5-7/h3-6,16H,1-2H3,(H,14,17)(H,15,18). The van der Waals surface area contributed by atoms with Crippen LogP contribution in [0.25, 0.3) is 0 Å². The van der Waals surface area contributed by atoms with Gasteiger partial charge in [-0.15, -0.1) is 4.83 Å². The maximum Gasteiger partial charge on any atom is 0.324 e. The summed E-state index contributed by atoms with van der Waals surface area (Å²) in [5.74, 6) is -2.09. The Morgan fingerprint density at radius 3 is 2.24 bits per heavy atom. The fraction of sp³-hybridized carbons (Fsp3) is 0.273. The highest BCUT2D eigenvalue weighted by molar-refractivity contribution is 7.89. The van der Waals surface area contributed by atoms with Crippen LogP contribution in [0.2, 0.25) is 10.0 Å². The zero-order valence-corrected chi connectivity index (χ0v) is 13.4. The second-order valence-electron chi connectivity index (χ2n) is 4.26. The summed E-state index contributed by atoms with van der Waals surface area (Å²) in [6.45, 7) is 3.32. The van der Waals surface area contributed by atoms with Crippen LogP contribution in [0.15, 0.2) is 23.1 Å². The van der Waals surface area contributed by atoms with E-state index in [1.807, 2.05) is 0 Å². The smallest absolute Gasteiger partial charge is 0.324 e. The number of nitrogens with one attached hydrogen (secondary N) is 3. The van der Waals surface area contributed by atoms with Gasteiger partial charge in [0.2, 0.25) is 0 Å². The van der Waals surface area contributed by atoms with Crippen molar-refractivity contribution < 1.29 is 18.0 Å². The third-order valence-corrected chi connectivity index (χ3v) is 4.11. The molecule has 2 amide bonds. The summed E-state index contributed by atoms with van der Waals surface area (Å²) in [5.41, 5.74) is 1.80. The number of hydrogen-bond acceptors (Lipinski definition) is 4. The summed E-state index contributed by atoms with van der Waals surface area (Å²) >= 11 is 11.4. The van der Waals surface area contributed by atoms with Crippen molar-refractivity contribution in [1.29, 1.82) is 0 Å². The quantitative estimate of drug-likeness (QED) is 0.550. The lowest BCUT2D eigenvalue weighted by Crippen LogP contribution is -2.49. The summed E-state index contributed by atoms with van der Waals surface area (Å²) < 4.78 is 23.8. The Morgan fingerprint density at radius 2 is 1.71 bits per heavy atom. The monoisotopic (exact) mass is 353 g/mol. The molecule has 0 spiro atoms. The van der Waals surface area contributed by atoms with Crippen molar-refractivity contribution >= 4 is 45.0 Å². The molecule has 0 atom stereocenters. The average molecular weight is 354 g/mol. The molecule has 116 valence electrons. The number of benzene rings is 1. The predicted molar refractivity (Wildman–Crippen MR) is 78.2 cm³/mol. The molecule has 10 heteroatoms. The van der Waals surface area contributed by atoms with Gasteiger partial charge in [-0.3, -0.25) is 15.0 Å². The third kappa shape index (κ3) is 5.16. The van der Waals surface area contributed by atoms with Gasteiger partial charge in [0.1, 0.15) is 0 Å². The van der Waals surface area contributed by atoms with Crippen LogP contribution in [0.4, 0.5) is 0 Å². The summed E-state index contributed by atoms with van der Waals surface area (Å²) in [7, 11) is -4.06. The number of amides is 2. The third-order valence-electron chi connectivity index (χ3n) is 2.13. The van der Waals surface area contributed by atoms with Gasteiger partial charge in [-0.2, -0.15) is 0 Å². The lowest BCUT2D eigenvalue weighted by atomic mass is 10.4. The Hall–Kier alpha value is -1.35. The predicted octanol–water partition coefficient (Wildman–Crippen LogP) is 0.828. The zero-order chi connectivity index (χ0) is 16.2. The molecular formula is C11H13Cl2N3O4S. The SMILES string of the molecule is CC(C)NC(=O)C(=O)NNS(=O)(=O)c1ccc(Cl)c(Cl)c1. The van der Waals surface area contributed by atoms with Crippen molar-refractivity contribution in [2.24, 2.45) is 0 Å². The molecule has 0 heterocycles. The van der Waals surface area contributed by atoms with Crippen LogP contribution in [0.5, 0.6) is 0 Å². The van der Waals surface area contributed by atoms with Gasteiger partial charge in [0, 0.05) is 6.04 Å². The van der Waals surface area contributed by atoms with Crippen molar-refractivity contribution in [1.82, 2.24) is 15.6 Å². The van der Waals surface area contributed by atoms with Crippen molar-refractivity contribution in [2.75, 3.05) is 0 Å². The van der Waals surface area contributed by atoms with E-state index in [2.05, 4.69) is 5.32 Å². The second kappa shape index (κ2) is 7.08. The van der Waals surface area contributed by atoms with E-state index in [4.69, 9.17) is 23.2 Å². The van der Waals surface area contributed by atoms with Crippen LogP contribution in [0, 0.1) is 0 Å². The normalized spacial score (nSPS) is 11.3. The zero-order valence-electron chi connectivity index (χ0n) is 11.1. The summed E-state index contributed by atoms with van der Waals surface area (Å²) in [6, 6.07) is 3.37. The number of sulfonamides is 1. The number of carbonyl (C=O) groups excluding carboxylic acids is 2. The van der Waals surface area contributed by atoms with E-state index >= 15 is 0 Å². The molecule has 0 unspecified atom stereocenters. The highest BCUT2D eigenvalue weighted by atomic mass is 35.5. The topological polar surface area (TPSA) is 104 Å². The summed E-state index contributed by atoms with van der Waals surface area (Å²) in [6.07, 6.45) is 0. The van der Waals surface area contributed by atoms with Crippen LogP contribution in [0.3, 0.4) is 0 Å². The molecule has 0 fully saturated rings. The first-order valence-corrected chi connectivity index (χ1v) is 7.95. The Morgan fingerprint density at radius 1 is 1.10 bits per heavy atom. The minimum absolute atomic E-state index is 0.0448. The molecule has 0 saturated heterocycles. The Bertz CT molecular complexity index is 661. The van der Waals surface area contributed by atoms with E-state index < -0.39 is 21.8 Å². The van der Waals surface area contributed by atoms with Crippen molar-refractivity contribution in [3.8, 4) is 0 Å². The van der Waals surface area contributed by atoms with E-state index in [1.54, 1.807) is 24.1 Å². The number of hydrogen-bond donors (Lipinski definition) is 3. The van der Waals surface area contributed by atoms with Crippen LogP contribution >= 0.6 is 23.2 Å². The van der Waals surface area contributed by atoms with Gasteiger partial charge in [-0.25, -0.2) is 8.42 Å². The summed E-state index contributed by atoms with van der Waals surface area (Å²) in [4.78, 5) is 24.3. The van der Waals surface area contributed by atoms with E-state index in [1.165, 1.54) is 12.1 Å². The van der Waals surface area contributed by atoms with Gasteiger partial charge in [0.25, 0.3) is 10.0 Å². The largest absolute Gasteiger partial charge is 0.346 e. The van der Waals surface area contributed by atoms with E-state index in [-0.39, 0.29) is 21.0 Å². The Kier molecular flexibility index (Phi) is 5.97. The molecule has 0 aliphatic rings. The van der Waals surface area contributed by atoms with Gasteiger partial charge < -0.3 is 5.32 Å². The van der Waals surface area contributed by atoms with Crippen LogP contribution in [-0.4, -0.2) is 26.3 Å². The molecule has 0 saturated carbocycles. The summed E-state index contributed by atoms with van der Waals surface area (Å²) in [5, 5.41) is 2.55. The van der Waals surface area contributed by atoms with Crippen molar-refractivity contribution in [3.05, 3.63) is 28.2 Å². The van der Waals surface area contributed by atoms with Crippen LogP contribution in [-0.2, 0) is 19.6 Å². The maximum absolute atomic E-state index is 11.9. The lowest BCUT2D eigenvalue weighted by molar-refractivity contribution is -0.139. The van der Waals surface area contributed by atoms with Gasteiger partial charge in [-0.1, -0.05) is 23.2 Å².